The van der Waals surface area contributed by atoms with Crippen molar-refractivity contribution in [1.29, 1.82) is 0 Å². The Morgan fingerprint density at radius 3 is 2.47 bits per heavy atom. The van der Waals surface area contributed by atoms with Crippen molar-refractivity contribution in [2.75, 3.05) is 5.73 Å². The van der Waals surface area contributed by atoms with Crippen molar-refractivity contribution in [2.24, 2.45) is 0 Å². The van der Waals surface area contributed by atoms with Crippen LogP contribution in [0.2, 0.25) is 5.02 Å². The molecule has 0 fully saturated rings. The van der Waals surface area contributed by atoms with E-state index in [2.05, 4.69) is 4.72 Å². The van der Waals surface area contributed by atoms with Gasteiger partial charge in [0, 0.05) is 11.2 Å². The minimum Gasteiger partial charge on any atom is -0.398 e. The van der Waals surface area contributed by atoms with Gasteiger partial charge in [0.15, 0.2) is 0 Å². The van der Waals surface area contributed by atoms with Crippen LogP contribution in [0, 0.1) is 6.92 Å². The van der Waals surface area contributed by atoms with E-state index in [9.17, 15) is 8.42 Å². The Hall–Kier alpha value is -0.780. The number of nitrogens with two attached hydrogens (primary N) is 1. The summed E-state index contributed by atoms with van der Waals surface area (Å²) in [7, 11) is -3.67. The Morgan fingerprint density at radius 1 is 1.37 bits per heavy atom. The summed E-state index contributed by atoms with van der Waals surface area (Å²) >= 11 is 6.02. The quantitative estimate of drug-likeness (QED) is 0.821. The highest BCUT2D eigenvalue weighted by molar-refractivity contribution is 7.89. The lowest BCUT2D eigenvalue weighted by molar-refractivity contribution is 0.418. The van der Waals surface area contributed by atoms with E-state index in [0.29, 0.717) is 5.69 Å². The van der Waals surface area contributed by atoms with E-state index in [1.54, 1.807) is 13.0 Å². The molecule has 108 valence electrons. The predicted molar refractivity (Wildman–Crippen MR) is 79.9 cm³/mol. The standard InChI is InChI=1S/C13H21ClN2O2S/c1-5-6-13(3,4)16-19(17,18)12-8-11(15)9(2)7-10(12)14/h7-8,16H,5-6,15H2,1-4H3. The zero-order valence-corrected chi connectivity index (χ0v) is 13.3. The molecule has 1 aromatic rings. The van der Waals surface area contributed by atoms with Crippen molar-refractivity contribution in [2.45, 2.75) is 51.0 Å². The monoisotopic (exact) mass is 304 g/mol. The van der Waals surface area contributed by atoms with E-state index < -0.39 is 15.6 Å². The SMILES string of the molecule is CCCC(C)(C)NS(=O)(=O)c1cc(N)c(C)cc1Cl. The summed E-state index contributed by atoms with van der Waals surface area (Å²) in [6.45, 7) is 7.48. The minimum atomic E-state index is -3.67. The predicted octanol–water partition coefficient (Wildman–Crippen LogP) is 3.09. The first-order chi connectivity index (χ1) is 8.59. The molecule has 0 aliphatic heterocycles. The summed E-state index contributed by atoms with van der Waals surface area (Å²) in [5, 5.41) is 0.187. The largest absolute Gasteiger partial charge is 0.398 e. The molecule has 0 saturated carbocycles. The van der Waals surface area contributed by atoms with E-state index in [1.807, 2.05) is 20.8 Å². The van der Waals surface area contributed by atoms with Crippen LogP contribution in [-0.2, 0) is 10.0 Å². The van der Waals surface area contributed by atoms with Crippen molar-refractivity contribution < 1.29 is 8.42 Å². The van der Waals surface area contributed by atoms with Gasteiger partial charge in [0.05, 0.1) is 5.02 Å². The number of nitrogens with one attached hydrogen (secondary N) is 1. The first kappa shape index (κ1) is 16.3. The van der Waals surface area contributed by atoms with Crippen LogP contribution in [0.15, 0.2) is 17.0 Å². The van der Waals surface area contributed by atoms with E-state index in [0.717, 1.165) is 18.4 Å². The molecule has 3 N–H and O–H groups in total. The normalized spacial score (nSPS) is 12.7. The highest BCUT2D eigenvalue weighted by atomic mass is 35.5. The maximum absolute atomic E-state index is 12.4. The maximum atomic E-state index is 12.4. The summed E-state index contributed by atoms with van der Waals surface area (Å²) < 4.78 is 27.4. The van der Waals surface area contributed by atoms with Crippen LogP contribution in [0.3, 0.4) is 0 Å². The van der Waals surface area contributed by atoms with Gasteiger partial charge < -0.3 is 5.73 Å². The third-order valence-electron chi connectivity index (χ3n) is 2.90. The molecule has 0 unspecified atom stereocenters. The Bertz CT molecular complexity index is 568. The minimum absolute atomic E-state index is 0.0291. The van der Waals surface area contributed by atoms with Gasteiger partial charge in [0.2, 0.25) is 10.0 Å². The fourth-order valence-electron chi connectivity index (χ4n) is 1.97. The molecule has 0 aliphatic rings. The smallest absolute Gasteiger partial charge is 0.242 e. The summed E-state index contributed by atoms with van der Waals surface area (Å²) in [6.07, 6.45) is 1.63. The number of anilines is 1. The Labute approximate surface area is 120 Å². The van der Waals surface area contributed by atoms with Crippen LogP contribution in [0.5, 0.6) is 0 Å². The second kappa shape index (κ2) is 5.69. The van der Waals surface area contributed by atoms with Gasteiger partial charge in [-0.15, -0.1) is 0 Å². The number of hydrogen-bond donors (Lipinski definition) is 2. The maximum Gasteiger partial charge on any atom is 0.242 e. The molecule has 0 saturated heterocycles. The Balaban J connectivity index is 3.18. The first-order valence-electron chi connectivity index (χ1n) is 6.18. The third-order valence-corrected chi connectivity index (χ3v) is 5.06. The fraction of sp³-hybridized carbons (Fsp3) is 0.538. The second-order valence-electron chi connectivity index (χ2n) is 5.38. The summed E-state index contributed by atoms with van der Waals surface area (Å²) in [5.41, 5.74) is 6.42. The van der Waals surface area contributed by atoms with Crippen LogP contribution >= 0.6 is 11.6 Å². The highest BCUT2D eigenvalue weighted by Crippen LogP contribution is 2.28. The molecule has 1 aromatic carbocycles. The van der Waals surface area contributed by atoms with Crippen LogP contribution in [0.1, 0.15) is 39.2 Å². The molecule has 0 amide bonds. The number of benzene rings is 1. The van der Waals surface area contributed by atoms with E-state index in [4.69, 9.17) is 17.3 Å². The van der Waals surface area contributed by atoms with Crippen LogP contribution in [0.4, 0.5) is 5.69 Å². The molecule has 19 heavy (non-hydrogen) atoms. The van der Waals surface area contributed by atoms with E-state index in [1.165, 1.54) is 6.07 Å². The third kappa shape index (κ3) is 4.09. The second-order valence-corrected chi connectivity index (χ2v) is 7.44. The summed E-state index contributed by atoms with van der Waals surface area (Å²) in [6, 6.07) is 2.97. The molecule has 0 atom stereocenters. The van der Waals surface area contributed by atoms with Crippen molar-refractivity contribution in [3.8, 4) is 0 Å². The van der Waals surface area contributed by atoms with Crippen molar-refractivity contribution >= 4 is 27.3 Å². The molecule has 1 rings (SSSR count). The zero-order valence-electron chi connectivity index (χ0n) is 11.7. The van der Waals surface area contributed by atoms with Crippen molar-refractivity contribution in [3.63, 3.8) is 0 Å². The van der Waals surface area contributed by atoms with Crippen LogP contribution in [-0.4, -0.2) is 14.0 Å². The van der Waals surface area contributed by atoms with Gasteiger partial charge in [-0.25, -0.2) is 13.1 Å². The molecule has 0 bridgehead atoms. The van der Waals surface area contributed by atoms with Crippen LogP contribution in [0.25, 0.3) is 0 Å². The number of halogens is 1. The average Bonchev–Trinajstić information content (AvgIpc) is 2.21. The first-order valence-corrected chi connectivity index (χ1v) is 8.05. The fourth-order valence-corrected chi connectivity index (χ4v) is 4.03. The molecule has 6 heteroatoms. The van der Waals surface area contributed by atoms with Gasteiger partial charge in [-0.3, -0.25) is 0 Å². The Kier molecular flexibility index (Phi) is 4.87. The van der Waals surface area contributed by atoms with Gasteiger partial charge in [-0.2, -0.15) is 0 Å². The van der Waals surface area contributed by atoms with E-state index in [-0.39, 0.29) is 9.92 Å². The van der Waals surface area contributed by atoms with Gasteiger partial charge in [-0.05, 0) is 44.9 Å². The zero-order chi connectivity index (χ0) is 14.8. The lowest BCUT2D eigenvalue weighted by atomic mass is 10.0. The molecule has 4 nitrogen and oxygen atoms in total. The van der Waals surface area contributed by atoms with Crippen molar-refractivity contribution in [3.05, 3.63) is 22.7 Å². The molecule has 0 aromatic heterocycles. The van der Waals surface area contributed by atoms with Gasteiger partial charge in [0.25, 0.3) is 0 Å². The van der Waals surface area contributed by atoms with Gasteiger partial charge in [-0.1, -0.05) is 24.9 Å². The number of sulfonamides is 1. The molecule has 0 spiro atoms. The lowest BCUT2D eigenvalue weighted by Gasteiger charge is -2.25. The van der Waals surface area contributed by atoms with Gasteiger partial charge >= 0.3 is 0 Å². The molecular formula is C13H21ClN2O2S. The molecule has 0 heterocycles. The van der Waals surface area contributed by atoms with Crippen molar-refractivity contribution in [1.82, 2.24) is 4.72 Å². The molecular weight excluding hydrogens is 284 g/mol. The average molecular weight is 305 g/mol. The molecule has 0 radical (unpaired) electrons. The number of hydrogen-bond acceptors (Lipinski definition) is 3. The topological polar surface area (TPSA) is 72.2 Å². The number of aryl methyl sites for hydroxylation is 1. The highest BCUT2D eigenvalue weighted by Gasteiger charge is 2.27. The summed E-state index contributed by atoms with van der Waals surface area (Å²) in [4.78, 5) is 0.0291. The van der Waals surface area contributed by atoms with E-state index >= 15 is 0 Å². The summed E-state index contributed by atoms with van der Waals surface area (Å²) in [5.74, 6) is 0. The number of rotatable bonds is 5. The molecule has 0 aliphatic carbocycles. The van der Waals surface area contributed by atoms with Crippen LogP contribution < -0.4 is 10.5 Å². The van der Waals surface area contributed by atoms with Gasteiger partial charge in [0.1, 0.15) is 4.90 Å². The lowest BCUT2D eigenvalue weighted by Crippen LogP contribution is -2.43. The number of nitrogen functional groups attached to an aromatic ring is 1. The Morgan fingerprint density at radius 2 is 1.95 bits per heavy atom.